The Morgan fingerprint density at radius 1 is 1.07 bits per heavy atom. The first kappa shape index (κ1) is 25.6. The zero-order valence-corrected chi connectivity index (χ0v) is 19.5. The highest BCUT2D eigenvalue weighted by molar-refractivity contribution is 9.10. The molecule has 0 fully saturated rings. The first-order valence-corrected chi connectivity index (χ1v) is 10.6. The van der Waals surface area contributed by atoms with Crippen molar-refractivity contribution in [2.45, 2.75) is 54.2 Å². The van der Waals surface area contributed by atoms with Crippen molar-refractivity contribution in [3.63, 3.8) is 0 Å². The number of nitrogens with zero attached hydrogens (tertiary/aromatic N) is 1. The summed E-state index contributed by atoms with van der Waals surface area (Å²) in [6.07, 6.45) is 1.61. The number of rotatable bonds is 6. The third-order valence-corrected chi connectivity index (χ3v) is 4.42. The molecule has 0 aliphatic carbocycles. The van der Waals surface area contributed by atoms with E-state index in [1.54, 1.807) is 0 Å². The molecule has 1 atom stereocenters. The van der Waals surface area contributed by atoms with Crippen molar-refractivity contribution in [1.29, 1.82) is 0 Å². The summed E-state index contributed by atoms with van der Waals surface area (Å²) in [6, 6.07) is 16.5. The number of aliphatic hydroxyl groups excluding tert-OH is 1. The van der Waals surface area contributed by atoms with Gasteiger partial charge in [-0.3, -0.25) is 4.90 Å². The Kier molecular flexibility index (Phi) is 13.8. The summed E-state index contributed by atoms with van der Waals surface area (Å²) in [5, 5.41) is 10.5. The summed E-state index contributed by atoms with van der Waals surface area (Å²) in [6.45, 7) is 13.5. The largest absolute Gasteiger partial charge is 0.387 e. The quantitative estimate of drug-likeness (QED) is 0.546. The summed E-state index contributed by atoms with van der Waals surface area (Å²) in [5.74, 6) is 0. The van der Waals surface area contributed by atoms with Gasteiger partial charge in [0.15, 0.2) is 0 Å². The van der Waals surface area contributed by atoms with Crippen LogP contribution in [0.2, 0.25) is 0 Å². The van der Waals surface area contributed by atoms with E-state index in [1.165, 1.54) is 16.7 Å². The molecule has 2 aromatic carbocycles. The van der Waals surface area contributed by atoms with Crippen LogP contribution in [-0.4, -0.2) is 29.7 Å². The Labute approximate surface area is 175 Å². The van der Waals surface area contributed by atoms with E-state index in [0.29, 0.717) is 6.54 Å². The summed E-state index contributed by atoms with van der Waals surface area (Å²) in [5.41, 5.74) is 4.61. The lowest BCUT2D eigenvalue weighted by atomic mass is 10.0. The number of hydrogen-bond donors (Lipinski definition) is 1. The molecule has 3 heteroatoms. The number of aliphatic hydroxyl groups is 1. The zero-order chi connectivity index (χ0) is 20.8. The van der Waals surface area contributed by atoms with Crippen LogP contribution >= 0.6 is 15.9 Å². The van der Waals surface area contributed by atoms with Gasteiger partial charge in [0.1, 0.15) is 0 Å². The summed E-state index contributed by atoms with van der Waals surface area (Å²) in [7, 11) is 2.03. The molecule has 0 saturated carbocycles. The van der Waals surface area contributed by atoms with Crippen molar-refractivity contribution in [3.8, 4) is 0 Å². The van der Waals surface area contributed by atoms with Gasteiger partial charge in [0.2, 0.25) is 0 Å². The van der Waals surface area contributed by atoms with Gasteiger partial charge in [-0.15, -0.1) is 0 Å². The lowest BCUT2D eigenvalue weighted by Crippen LogP contribution is -2.29. The van der Waals surface area contributed by atoms with Crippen molar-refractivity contribution in [3.05, 3.63) is 75.3 Å². The Morgan fingerprint density at radius 3 is 2.30 bits per heavy atom. The van der Waals surface area contributed by atoms with Gasteiger partial charge in [-0.1, -0.05) is 86.1 Å². The van der Waals surface area contributed by atoms with Crippen LogP contribution in [0.25, 0.3) is 6.08 Å². The minimum Gasteiger partial charge on any atom is -0.387 e. The fourth-order valence-corrected chi connectivity index (χ4v) is 2.99. The van der Waals surface area contributed by atoms with Crippen molar-refractivity contribution in [1.82, 2.24) is 4.90 Å². The van der Waals surface area contributed by atoms with Crippen molar-refractivity contribution in [2.75, 3.05) is 13.6 Å². The highest BCUT2D eigenvalue weighted by atomic mass is 79.9. The van der Waals surface area contributed by atoms with Gasteiger partial charge in [-0.25, -0.2) is 0 Å². The van der Waals surface area contributed by atoms with E-state index in [1.807, 2.05) is 65.9 Å². The zero-order valence-electron chi connectivity index (χ0n) is 18.0. The average molecular weight is 434 g/mol. The molecule has 150 valence electrons. The summed E-state index contributed by atoms with van der Waals surface area (Å²) >= 11 is 3.49. The van der Waals surface area contributed by atoms with Crippen molar-refractivity contribution >= 4 is 22.0 Å². The smallest absolute Gasteiger partial charge is 0.0877 e. The molecule has 1 N–H and O–H groups in total. The van der Waals surface area contributed by atoms with Crippen LogP contribution in [0.15, 0.2) is 58.6 Å². The molecule has 2 rings (SSSR count). The van der Waals surface area contributed by atoms with E-state index in [9.17, 15) is 5.11 Å². The maximum absolute atomic E-state index is 10.5. The Bertz CT molecular complexity index is 682. The maximum atomic E-state index is 10.5. The van der Waals surface area contributed by atoms with Gasteiger partial charge >= 0.3 is 0 Å². The van der Waals surface area contributed by atoms with E-state index >= 15 is 0 Å². The van der Waals surface area contributed by atoms with E-state index in [4.69, 9.17) is 0 Å². The fraction of sp³-hybridized carbons (Fsp3) is 0.417. The van der Waals surface area contributed by atoms with Crippen LogP contribution < -0.4 is 0 Å². The first-order valence-electron chi connectivity index (χ1n) is 9.80. The van der Waals surface area contributed by atoms with Crippen molar-refractivity contribution in [2.24, 2.45) is 0 Å². The molecule has 2 nitrogen and oxygen atoms in total. The molecule has 0 heterocycles. The Morgan fingerprint density at radius 2 is 1.70 bits per heavy atom. The highest BCUT2D eigenvalue weighted by Crippen LogP contribution is 2.16. The minimum atomic E-state index is -0.466. The first-order chi connectivity index (χ1) is 13.0. The van der Waals surface area contributed by atoms with E-state index in [2.05, 4.69) is 58.1 Å². The third-order valence-electron chi connectivity index (χ3n) is 3.92. The molecule has 0 saturated heterocycles. The van der Waals surface area contributed by atoms with Crippen LogP contribution in [0.4, 0.5) is 0 Å². The number of likely N-dealkylation sites (N-methyl/N-ethyl adjacent to an activating group) is 1. The molecule has 0 aliphatic rings. The second kappa shape index (κ2) is 14.6. The van der Waals surface area contributed by atoms with E-state index in [0.717, 1.165) is 16.6 Å². The second-order valence-corrected chi connectivity index (χ2v) is 7.00. The molecule has 0 spiro atoms. The van der Waals surface area contributed by atoms with Crippen LogP contribution in [0.5, 0.6) is 0 Å². The molecule has 1 unspecified atom stereocenters. The standard InChI is InChI=1S/C20H24BrNO.2C2H6/c1-15-7-4-5-9-18(15)11-16(2)20(23)14-22(3)13-17-8-6-10-19(21)12-17;2*1-2/h4-12,20,23H,13-14H2,1-3H3;2*1-2H3/b16-11+;;. The van der Waals surface area contributed by atoms with Gasteiger partial charge < -0.3 is 5.11 Å². The number of hydrogen-bond acceptors (Lipinski definition) is 2. The van der Waals surface area contributed by atoms with Crippen LogP contribution in [0.1, 0.15) is 51.3 Å². The molecule has 0 aliphatic heterocycles. The number of benzene rings is 2. The molecule has 0 amide bonds. The topological polar surface area (TPSA) is 23.5 Å². The lowest BCUT2D eigenvalue weighted by molar-refractivity contribution is 0.152. The average Bonchev–Trinajstić information content (AvgIpc) is 2.66. The molecule has 0 radical (unpaired) electrons. The normalized spacial score (nSPS) is 11.9. The fourth-order valence-electron chi connectivity index (χ4n) is 2.54. The number of halogens is 1. The monoisotopic (exact) mass is 433 g/mol. The second-order valence-electron chi connectivity index (χ2n) is 6.09. The van der Waals surface area contributed by atoms with Gasteiger partial charge in [0.25, 0.3) is 0 Å². The third kappa shape index (κ3) is 9.90. The minimum absolute atomic E-state index is 0.466. The lowest BCUT2D eigenvalue weighted by Gasteiger charge is -2.21. The summed E-state index contributed by atoms with van der Waals surface area (Å²) < 4.78 is 1.08. The van der Waals surface area contributed by atoms with Gasteiger partial charge in [0.05, 0.1) is 6.10 Å². The molecule has 0 aromatic heterocycles. The summed E-state index contributed by atoms with van der Waals surface area (Å²) in [4.78, 5) is 2.14. The SMILES string of the molecule is C/C(=C\c1ccccc1C)C(O)CN(C)Cc1cccc(Br)c1.CC.CC. The van der Waals surface area contributed by atoms with Crippen LogP contribution in [0.3, 0.4) is 0 Å². The number of aryl methyl sites for hydroxylation is 1. The van der Waals surface area contributed by atoms with Crippen LogP contribution in [0, 0.1) is 6.92 Å². The van der Waals surface area contributed by atoms with E-state index in [-0.39, 0.29) is 0 Å². The van der Waals surface area contributed by atoms with Gasteiger partial charge in [0, 0.05) is 17.6 Å². The predicted octanol–water partition coefficient (Wildman–Crippen LogP) is 6.71. The molecular formula is C24H36BrNO. The molecular weight excluding hydrogens is 398 g/mol. The van der Waals surface area contributed by atoms with E-state index < -0.39 is 6.10 Å². The molecule has 0 bridgehead atoms. The van der Waals surface area contributed by atoms with Gasteiger partial charge in [-0.05, 0) is 55.3 Å². The highest BCUT2D eigenvalue weighted by Gasteiger charge is 2.11. The Balaban J connectivity index is 0.00000158. The molecule has 27 heavy (non-hydrogen) atoms. The van der Waals surface area contributed by atoms with Crippen molar-refractivity contribution < 1.29 is 5.11 Å². The van der Waals surface area contributed by atoms with Gasteiger partial charge in [-0.2, -0.15) is 0 Å². The Hall–Kier alpha value is -1.42. The predicted molar refractivity (Wildman–Crippen MR) is 124 cm³/mol. The maximum Gasteiger partial charge on any atom is 0.0877 e. The van der Waals surface area contributed by atoms with Crippen LogP contribution in [-0.2, 0) is 6.54 Å². The molecule has 2 aromatic rings.